The van der Waals surface area contributed by atoms with E-state index in [0.29, 0.717) is 24.7 Å². The van der Waals surface area contributed by atoms with Gasteiger partial charge in [0.05, 0.1) is 10.6 Å². The van der Waals surface area contributed by atoms with Gasteiger partial charge in [0.2, 0.25) is 0 Å². The molecule has 1 amide bonds. The van der Waals surface area contributed by atoms with Crippen LogP contribution in [0.25, 0.3) is 22.5 Å². The van der Waals surface area contributed by atoms with Gasteiger partial charge in [-0.3, -0.25) is 4.79 Å². The van der Waals surface area contributed by atoms with Crippen molar-refractivity contribution in [2.24, 2.45) is 0 Å². The molecule has 0 aliphatic carbocycles. The van der Waals surface area contributed by atoms with Crippen molar-refractivity contribution in [3.63, 3.8) is 0 Å². The maximum Gasteiger partial charge on any atom is 0.274 e. The van der Waals surface area contributed by atoms with Gasteiger partial charge in [0.1, 0.15) is 11.5 Å². The number of carbonyl (C=O) groups excluding carboxylic acids is 1. The first-order valence-corrected chi connectivity index (χ1v) is 9.41. The summed E-state index contributed by atoms with van der Waals surface area (Å²) in [4.78, 5) is 21.6. The molecule has 0 saturated heterocycles. The van der Waals surface area contributed by atoms with E-state index in [4.69, 9.17) is 16.1 Å². The van der Waals surface area contributed by atoms with Gasteiger partial charge < -0.3 is 14.4 Å². The Hall–Kier alpha value is -3.19. The smallest absolute Gasteiger partial charge is 0.274 e. The highest BCUT2D eigenvalue weighted by Crippen LogP contribution is 2.24. The molecule has 0 unspecified atom stereocenters. The Morgan fingerprint density at radius 2 is 2.07 bits per heavy atom. The van der Waals surface area contributed by atoms with Crippen molar-refractivity contribution in [2.75, 3.05) is 13.6 Å². The Morgan fingerprint density at radius 1 is 1.24 bits per heavy atom. The lowest BCUT2D eigenvalue weighted by atomic mass is 10.2. The van der Waals surface area contributed by atoms with Crippen LogP contribution in [0, 0.1) is 12.7 Å². The van der Waals surface area contributed by atoms with Crippen LogP contribution in [0.3, 0.4) is 0 Å². The molecule has 0 aliphatic heterocycles. The molecule has 4 rings (SSSR count). The van der Waals surface area contributed by atoms with Crippen LogP contribution in [0.1, 0.15) is 21.7 Å². The molecule has 0 radical (unpaired) electrons. The minimum atomic E-state index is -0.512. The average molecular weight is 413 g/mol. The van der Waals surface area contributed by atoms with Crippen LogP contribution in [0.5, 0.6) is 0 Å². The summed E-state index contributed by atoms with van der Waals surface area (Å²) in [6.45, 7) is 2.36. The van der Waals surface area contributed by atoms with Crippen LogP contribution in [0.2, 0.25) is 5.02 Å². The number of hydrogen-bond donors (Lipinski definition) is 1. The summed E-state index contributed by atoms with van der Waals surface area (Å²) in [6, 6.07) is 11.8. The first-order valence-electron chi connectivity index (χ1n) is 9.03. The second-order valence-electron chi connectivity index (χ2n) is 6.89. The predicted molar refractivity (Wildman–Crippen MR) is 108 cm³/mol. The standard InChI is InChI=1S/C21H18ClFN4O2/c1-12-3-6-17-13(9-12)10-18(24-17)20-25-19(26-29-20)7-8-27(2)21(28)15-11-14(23)4-5-16(15)22/h3-6,9-11,24H,7-8H2,1-2H3. The number of carbonyl (C=O) groups is 1. The lowest BCUT2D eigenvalue weighted by Crippen LogP contribution is -2.29. The molecule has 29 heavy (non-hydrogen) atoms. The molecule has 2 heterocycles. The van der Waals surface area contributed by atoms with Crippen LogP contribution in [0.4, 0.5) is 4.39 Å². The van der Waals surface area contributed by atoms with Gasteiger partial charge in [-0.25, -0.2) is 4.39 Å². The molecule has 6 nitrogen and oxygen atoms in total. The summed E-state index contributed by atoms with van der Waals surface area (Å²) < 4.78 is 18.8. The van der Waals surface area contributed by atoms with E-state index in [2.05, 4.69) is 21.2 Å². The van der Waals surface area contributed by atoms with Crippen LogP contribution < -0.4 is 0 Å². The number of amides is 1. The summed E-state index contributed by atoms with van der Waals surface area (Å²) >= 11 is 6.01. The minimum Gasteiger partial charge on any atom is -0.351 e. The molecule has 4 aromatic rings. The van der Waals surface area contributed by atoms with Gasteiger partial charge in [0.25, 0.3) is 11.8 Å². The van der Waals surface area contributed by atoms with E-state index in [1.165, 1.54) is 22.6 Å². The zero-order valence-corrected chi connectivity index (χ0v) is 16.6. The van der Waals surface area contributed by atoms with Crippen LogP contribution >= 0.6 is 11.6 Å². The number of nitrogens with zero attached hydrogens (tertiary/aromatic N) is 3. The van der Waals surface area contributed by atoms with E-state index < -0.39 is 5.82 Å². The fourth-order valence-corrected chi connectivity index (χ4v) is 3.27. The van der Waals surface area contributed by atoms with Gasteiger partial charge >= 0.3 is 0 Å². The zero-order valence-electron chi connectivity index (χ0n) is 15.9. The van der Waals surface area contributed by atoms with Gasteiger partial charge in [-0.05, 0) is 43.3 Å². The first kappa shape index (κ1) is 19.1. The number of aryl methyl sites for hydroxylation is 1. The van der Waals surface area contributed by atoms with E-state index in [-0.39, 0.29) is 16.5 Å². The van der Waals surface area contributed by atoms with Crippen molar-refractivity contribution in [3.8, 4) is 11.6 Å². The molecular weight excluding hydrogens is 395 g/mol. The number of benzene rings is 2. The van der Waals surface area contributed by atoms with Gasteiger partial charge in [0, 0.05) is 30.9 Å². The quantitative estimate of drug-likeness (QED) is 0.518. The summed E-state index contributed by atoms with van der Waals surface area (Å²) in [5.41, 5.74) is 3.01. The summed E-state index contributed by atoms with van der Waals surface area (Å²) in [5, 5.41) is 5.26. The maximum absolute atomic E-state index is 13.4. The highest BCUT2D eigenvalue weighted by atomic mass is 35.5. The van der Waals surface area contributed by atoms with Gasteiger partial charge in [-0.2, -0.15) is 4.98 Å². The summed E-state index contributed by atoms with van der Waals surface area (Å²) in [7, 11) is 1.62. The van der Waals surface area contributed by atoms with E-state index in [1.807, 2.05) is 25.1 Å². The fraction of sp³-hybridized carbons (Fsp3) is 0.190. The molecule has 1 N–H and O–H groups in total. The van der Waals surface area contributed by atoms with E-state index in [0.717, 1.165) is 22.7 Å². The van der Waals surface area contributed by atoms with E-state index >= 15 is 0 Å². The number of halogens is 2. The van der Waals surface area contributed by atoms with E-state index in [9.17, 15) is 9.18 Å². The number of nitrogens with one attached hydrogen (secondary N) is 1. The van der Waals surface area contributed by atoms with Crippen LogP contribution in [-0.2, 0) is 6.42 Å². The number of fused-ring (bicyclic) bond motifs is 1. The maximum atomic E-state index is 13.4. The lowest BCUT2D eigenvalue weighted by Gasteiger charge is -2.17. The van der Waals surface area contributed by atoms with Crippen LogP contribution in [0.15, 0.2) is 47.0 Å². The van der Waals surface area contributed by atoms with Crippen molar-refractivity contribution < 1.29 is 13.7 Å². The van der Waals surface area contributed by atoms with Crippen molar-refractivity contribution in [1.82, 2.24) is 20.0 Å². The van der Waals surface area contributed by atoms with Gasteiger partial charge in [-0.15, -0.1) is 0 Å². The van der Waals surface area contributed by atoms with Crippen molar-refractivity contribution >= 4 is 28.4 Å². The largest absolute Gasteiger partial charge is 0.351 e. The Bertz CT molecular complexity index is 1200. The average Bonchev–Trinajstić information content (AvgIpc) is 3.33. The third kappa shape index (κ3) is 4.00. The molecule has 0 aliphatic rings. The molecule has 2 aromatic carbocycles. The zero-order chi connectivity index (χ0) is 20.5. The molecule has 0 saturated carbocycles. The Labute approximate surface area is 171 Å². The molecule has 2 aromatic heterocycles. The number of rotatable bonds is 5. The van der Waals surface area contributed by atoms with Crippen LogP contribution in [-0.4, -0.2) is 39.5 Å². The predicted octanol–water partition coefficient (Wildman–Crippen LogP) is 4.63. The number of likely N-dealkylation sites (N-methyl/N-ethyl adjacent to an activating group) is 1. The Morgan fingerprint density at radius 3 is 2.90 bits per heavy atom. The highest BCUT2D eigenvalue weighted by Gasteiger charge is 2.18. The number of H-pyrrole nitrogens is 1. The third-order valence-corrected chi connectivity index (χ3v) is 4.98. The van der Waals surface area contributed by atoms with Crippen molar-refractivity contribution in [1.29, 1.82) is 0 Å². The minimum absolute atomic E-state index is 0.122. The number of aromatic amines is 1. The molecular formula is C21H18ClFN4O2. The second kappa shape index (κ2) is 7.67. The normalized spacial score (nSPS) is 11.2. The third-order valence-electron chi connectivity index (χ3n) is 4.65. The molecule has 148 valence electrons. The monoisotopic (exact) mass is 412 g/mol. The molecule has 8 heteroatoms. The second-order valence-corrected chi connectivity index (χ2v) is 7.30. The number of aromatic nitrogens is 3. The highest BCUT2D eigenvalue weighted by molar-refractivity contribution is 6.33. The summed E-state index contributed by atoms with van der Waals surface area (Å²) in [6.07, 6.45) is 0.387. The first-order chi connectivity index (χ1) is 13.9. The summed E-state index contributed by atoms with van der Waals surface area (Å²) in [5.74, 6) is -0.0254. The van der Waals surface area contributed by atoms with Gasteiger partial charge in [0.15, 0.2) is 5.82 Å². The topological polar surface area (TPSA) is 75.0 Å². The fourth-order valence-electron chi connectivity index (χ4n) is 3.07. The molecule has 0 bridgehead atoms. The van der Waals surface area contributed by atoms with Gasteiger partial charge in [-0.1, -0.05) is 28.4 Å². The molecule has 0 fully saturated rings. The van der Waals surface area contributed by atoms with Crippen molar-refractivity contribution in [3.05, 3.63) is 70.3 Å². The van der Waals surface area contributed by atoms with Crippen molar-refractivity contribution in [2.45, 2.75) is 13.3 Å². The SMILES string of the molecule is Cc1ccc2[nH]c(-c3nc(CCN(C)C(=O)c4cc(F)ccc4Cl)no3)cc2c1. The lowest BCUT2D eigenvalue weighted by molar-refractivity contribution is 0.0795. The van der Waals surface area contributed by atoms with E-state index in [1.54, 1.807) is 7.05 Å². The number of hydrogen-bond acceptors (Lipinski definition) is 4. The Balaban J connectivity index is 1.44. The Kier molecular flexibility index (Phi) is 5.07. The molecule has 0 spiro atoms. The molecule has 0 atom stereocenters.